The van der Waals surface area contributed by atoms with Crippen LogP contribution in [0.5, 0.6) is 0 Å². The maximum atomic E-state index is 10.4. The minimum absolute atomic E-state index is 0.356. The number of aliphatic hydroxyl groups excluding tert-OH is 1. The van der Waals surface area contributed by atoms with Crippen LogP contribution in [0.2, 0.25) is 0 Å². The van der Waals surface area contributed by atoms with Gasteiger partial charge in [0.05, 0.1) is 6.10 Å². The number of piperazine rings is 1. The minimum atomic E-state index is -0.356. The van der Waals surface area contributed by atoms with Crippen LogP contribution in [-0.4, -0.2) is 54.2 Å². The number of aliphatic hydroxyl groups is 1. The van der Waals surface area contributed by atoms with Crippen LogP contribution in [0.25, 0.3) is 0 Å². The Kier molecular flexibility index (Phi) is 4.94. The van der Waals surface area contributed by atoms with E-state index in [-0.39, 0.29) is 6.10 Å². The molecule has 1 aromatic carbocycles. The first kappa shape index (κ1) is 15.0. The molecule has 0 amide bonds. The zero-order valence-electron chi connectivity index (χ0n) is 13.2. The van der Waals surface area contributed by atoms with E-state index < -0.39 is 0 Å². The first-order valence-electron chi connectivity index (χ1n) is 8.46. The van der Waals surface area contributed by atoms with Gasteiger partial charge in [0.2, 0.25) is 0 Å². The normalized spacial score (nSPS) is 22.4. The van der Waals surface area contributed by atoms with Crippen molar-refractivity contribution in [3.05, 3.63) is 35.4 Å². The van der Waals surface area contributed by atoms with E-state index in [4.69, 9.17) is 0 Å². The van der Waals surface area contributed by atoms with Crippen molar-refractivity contribution >= 4 is 0 Å². The molecule has 1 saturated carbocycles. The average Bonchev–Trinajstić information content (AvgIpc) is 3.33. The molecule has 1 aromatic rings. The van der Waals surface area contributed by atoms with Gasteiger partial charge in [-0.15, -0.1) is 0 Å². The molecule has 21 heavy (non-hydrogen) atoms. The van der Waals surface area contributed by atoms with Gasteiger partial charge in [-0.3, -0.25) is 4.90 Å². The van der Waals surface area contributed by atoms with Crippen LogP contribution in [-0.2, 0) is 6.42 Å². The molecule has 0 radical (unpaired) electrons. The molecule has 1 saturated heterocycles. The standard InChI is InChI=1S/C18H28N2O/c1-2-15-5-7-17(8-6-15)18(21)14-20-11-9-19(10-12-20)13-16-3-4-16/h5-8,16,18,21H,2-4,9-14H2,1H3. The number of benzene rings is 1. The Labute approximate surface area is 128 Å². The summed E-state index contributed by atoms with van der Waals surface area (Å²) in [6.45, 7) is 8.74. The van der Waals surface area contributed by atoms with Crippen LogP contribution in [0.4, 0.5) is 0 Å². The predicted molar refractivity (Wildman–Crippen MR) is 86.4 cm³/mol. The van der Waals surface area contributed by atoms with Crippen LogP contribution in [0, 0.1) is 5.92 Å². The van der Waals surface area contributed by atoms with Gasteiger partial charge in [0.15, 0.2) is 0 Å². The number of rotatable bonds is 6. The fourth-order valence-electron chi connectivity index (χ4n) is 3.15. The highest BCUT2D eigenvalue weighted by atomic mass is 16.3. The first-order chi connectivity index (χ1) is 10.2. The molecule has 3 rings (SSSR count). The second-order valence-electron chi connectivity index (χ2n) is 6.66. The number of aryl methyl sites for hydroxylation is 1. The summed E-state index contributed by atoms with van der Waals surface area (Å²) in [7, 11) is 0. The topological polar surface area (TPSA) is 26.7 Å². The van der Waals surface area contributed by atoms with Crippen molar-refractivity contribution in [2.75, 3.05) is 39.3 Å². The Bertz CT molecular complexity index is 433. The minimum Gasteiger partial charge on any atom is -0.387 e. The SMILES string of the molecule is CCc1ccc(C(O)CN2CCN(CC3CC3)CC2)cc1. The van der Waals surface area contributed by atoms with Gasteiger partial charge in [0, 0.05) is 39.3 Å². The molecule has 0 spiro atoms. The van der Waals surface area contributed by atoms with E-state index in [0.717, 1.165) is 50.6 Å². The molecule has 2 aliphatic rings. The van der Waals surface area contributed by atoms with Crippen LogP contribution in [0.15, 0.2) is 24.3 Å². The second-order valence-corrected chi connectivity index (χ2v) is 6.66. The van der Waals surface area contributed by atoms with Crippen molar-refractivity contribution in [1.82, 2.24) is 9.80 Å². The Morgan fingerprint density at radius 2 is 1.67 bits per heavy atom. The van der Waals surface area contributed by atoms with E-state index in [1.54, 1.807) is 0 Å². The molecule has 3 heteroatoms. The average molecular weight is 288 g/mol. The predicted octanol–water partition coefficient (Wildman–Crippen LogP) is 2.31. The van der Waals surface area contributed by atoms with Crippen molar-refractivity contribution < 1.29 is 5.11 Å². The number of β-amino-alcohol motifs (C(OH)–C–C–N with tert-alkyl or cyclic N) is 1. The van der Waals surface area contributed by atoms with Gasteiger partial charge in [-0.2, -0.15) is 0 Å². The van der Waals surface area contributed by atoms with Crippen molar-refractivity contribution in [2.24, 2.45) is 5.92 Å². The van der Waals surface area contributed by atoms with Crippen molar-refractivity contribution in [1.29, 1.82) is 0 Å². The second kappa shape index (κ2) is 6.91. The molecule has 2 fully saturated rings. The first-order valence-corrected chi connectivity index (χ1v) is 8.46. The smallest absolute Gasteiger partial charge is 0.0916 e. The van der Waals surface area contributed by atoms with E-state index in [1.807, 2.05) is 0 Å². The van der Waals surface area contributed by atoms with Crippen LogP contribution in [0.3, 0.4) is 0 Å². The Hall–Kier alpha value is -0.900. The Morgan fingerprint density at radius 3 is 2.24 bits per heavy atom. The maximum absolute atomic E-state index is 10.4. The van der Waals surface area contributed by atoms with Crippen LogP contribution < -0.4 is 0 Å². The molecule has 3 nitrogen and oxygen atoms in total. The summed E-state index contributed by atoms with van der Waals surface area (Å²) in [5.41, 5.74) is 2.38. The largest absolute Gasteiger partial charge is 0.387 e. The molecule has 1 unspecified atom stereocenters. The van der Waals surface area contributed by atoms with Gasteiger partial charge in [-0.25, -0.2) is 0 Å². The number of nitrogens with zero attached hydrogens (tertiary/aromatic N) is 2. The lowest BCUT2D eigenvalue weighted by molar-refractivity contribution is 0.0710. The molecule has 0 bridgehead atoms. The highest BCUT2D eigenvalue weighted by Crippen LogP contribution is 2.30. The summed E-state index contributed by atoms with van der Waals surface area (Å²) in [5, 5.41) is 10.4. The highest BCUT2D eigenvalue weighted by Gasteiger charge is 2.26. The third-order valence-electron chi connectivity index (χ3n) is 4.88. The lowest BCUT2D eigenvalue weighted by Gasteiger charge is -2.35. The monoisotopic (exact) mass is 288 g/mol. The fourth-order valence-corrected chi connectivity index (χ4v) is 3.15. The third-order valence-corrected chi connectivity index (χ3v) is 4.88. The summed E-state index contributed by atoms with van der Waals surface area (Å²) in [5.74, 6) is 0.985. The van der Waals surface area contributed by atoms with E-state index in [1.165, 1.54) is 24.9 Å². The maximum Gasteiger partial charge on any atom is 0.0916 e. The van der Waals surface area contributed by atoms with Crippen LogP contribution >= 0.6 is 0 Å². The fraction of sp³-hybridized carbons (Fsp3) is 0.667. The zero-order valence-corrected chi connectivity index (χ0v) is 13.2. The summed E-state index contributed by atoms with van der Waals surface area (Å²) in [4.78, 5) is 5.00. The summed E-state index contributed by atoms with van der Waals surface area (Å²) < 4.78 is 0. The van der Waals surface area contributed by atoms with E-state index in [2.05, 4.69) is 41.0 Å². The quantitative estimate of drug-likeness (QED) is 0.870. The van der Waals surface area contributed by atoms with Gasteiger partial charge < -0.3 is 10.0 Å². The Balaban J connectivity index is 1.45. The molecule has 1 N–H and O–H groups in total. The summed E-state index contributed by atoms with van der Waals surface area (Å²) in [6, 6.07) is 8.41. The van der Waals surface area contributed by atoms with Crippen LogP contribution in [0.1, 0.15) is 37.0 Å². The molecule has 0 aromatic heterocycles. The molecule has 1 atom stereocenters. The third kappa shape index (κ3) is 4.29. The molecular formula is C18H28N2O. The number of hydrogen-bond acceptors (Lipinski definition) is 3. The van der Waals surface area contributed by atoms with E-state index in [0.29, 0.717) is 0 Å². The lowest BCUT2D eigenvalue weighted by atomic mass is 10.1. The van der Waals surface area contributed by atoms with Gasteiger partial charge in [-0.1, -0.05) is 31.2 Å². The van der Waals surface area contributed by atoms with Gasteiger partial charge in [-0.05, 0) is 36.3 Å². The Morgan fingerprint density at radius 1 is 1.05 bits per heavy atom. The van der Waals surface area contributed by atoms with Gasteiger partial charge in [0.25, 0.3) is 0 Å². The van der Waals surface area contributed by atoms with Crippen molar-refractivity contribution in [2.45, 2.75) is 32.3 Å². The lowest BCUT2D eigenvalue weighted by Crippen LogP contribution is -2.47. The molecule has 116 valence electrons. The zero-order chi connectivity index (χ0) is 14.7. The number of hydrogen-bond donors (Lipinski definition) is 1. The molecule has 1 aliphatic carbocycles. The molecule has 1 aliphatic heterocycles. The van der Waals surface area contributed by atoms with E-state index in [9.17, 15) is 5.11 Å². The van der Waals surface area contributed by atoms with Gasteiger partial charge in [0.1, 0.15) is 0 Å². The molecule has 1 heterocycles. The highest BCUT2D eigenvalue weighted by molar-refractivity contribution is 5.24. The summed E-state index contributed by atoms with van der Waals surface area (Å²) in [6.07, 6.45) is 3.57. The van der Waals surface area contributed by atoms with Crippen molar-refractivity contribution in [3.8, 4) is 0 Å². The van der Waals surface area contributed by atoms with Crippen molar-refractivity contribution in [3.63, 3.8) is 0 Å². The summed E-state index contributed by atoms with van der Waals surface area (Å²) >= 11 is 0. The van der Waals surface area contributed by atoms with Gasteiger partial charge >= 0.3 is 0 Å². The molecular weight excluding hydrogens is 260 g/mol. The van der Waals surface area contributed by atoms with E-state index >= 15 is 0 Å².